The second kappa shape index (κ2) is 7.59. The minimum Gasteiger partial charge on any atom is -0.349 e. The Morgan fingerprint density at radius 1 is 1.15 bits per heavy atom. The molecule has 5 nitrogen and oxygen atoms in total. The summed E-state index contributed by atoms with van der Waals surface area (Å²) in [5.74, 6) is -0.300. The first-order chi connectivity index (χ1) is 11.5. The lowest BCUT2D eigenvalue weighted by Gasteiger charge is -2.36. The van der Waals surface area contributed by atoms with E-state index in [9.17, 15) is 13.2 Å². The zero-order valence-corrected chi connectivity index (χ0v) is 18.4. The molecule has 0 saturated carbocycles. The summed E-state index contributed by atoms with van der Waals surface area (Å²) in [7, 11) is -3.62. The average Bonchev–Trinajstić information content (AvgIpc) is 2.37. The van der Waals surface area contributed by atoms with Gasteiger partial charge in [-0.2, -0.15) is 0 Å². The fraction of sp³-hybridized carbons (Fsp3) is 0.650. The third kappa shape index (κ3) is 6.31. The monoisotopic (exact) mass is 382 g/mol. The molecule has 0 aliphatic heterocycles. The van der Waals surface area contributed by atoms with Crippen molar-refractivity contribution in [2.75, 3.05) is 10.6 Å². The third-order valence-electron chi connectivity index (χ3n) is 4.12. The van der Waals surface area contributed by atoms with Gasteiger partial charge in [-0.15, -0.1) is 0 Å². The highest BCUT2D eigenvalue weighted by Crippen LogP contribution is 2.29. The van der Waals surface area contributed by atoms with Crippen molar-refractivity contribution >= 4 is 21.6 Å². The minimum absolute atomic E-state index is 0.0453. The molecule has 1 unspecified atom stereocenters. The van der Waals surface area contributed by atoms with Gasteiger partial charge in [0, 0.05) is 5.54 Å². The van der Waals surface area contributed by atoms with Crippen LogP contribution < -0.4 is 9.62 Å². The predicted octanol–water partition coefficient (Wildman–Crippen LogP) is 3.79. The maximum atomic E-state index is 12.9. The van der Waals surface area contributed by atoms with Crippen LogP contribution in [-0.2, 0) is 14.8 Å². The van der Waals surface area contributed by atoms with Crippen molar-refractivity contribution in [2.24, 2.45) is 5.41 Å². The van der Waals surface area contributed by atoms with Crippen LogP contribution in [0.4, 0.5) is 5.69 Å². The molecule has 148 valence electrons. The van der Waals surface area contributed by atoms with Gasteiger partial charge in [-0.1, -0.05) is 32.9 Å². The Morgan fingerprint density at radius 2 is 1.69 bits per heavy atom. The number of rotatable bonds is 6. The van der Waals surface area contributed by atoms with E-state index in [4.69, 9.17) is 0 Å². The van der Waals surface area contributed by atoms with E-state index in [0.717, 1.165) is 23.8 Å². The van der Waals surface area contributed by atoms with Gasteiger partial charge in [0.15, 0.2) is 0 Å². The summed E-state index contributed by atoms with van der Waals surface area (Å²) >= 11 is 0. The number of amides is 1. The molecular weight excluding hydrogens is 348 g/mol. The number of sulfonamides is 1. The summed E-state index contributed by atoms with van der Waals surface area (Å²) in [4.78, 5) is 12.9. The van der Waals surface area contributed by atoms with Gasteiger partial charge in [-0.05, 0) is 63.6 Å². The molecule has 1 rings (SSSR count). The largest absolute Gasteiger partial charge is 0.349 e. The van der Waals surface area contributed by atoms with E-state index < -0.39 is 21.6 Å². The third-order valence-corrected chi connectivity index (χ3v) is 5.35. The van der Waals surface area contributed by atoms with E-state index in [1.807, 2.05) is 39.8 Å². The molecule has 0 spiro atoms. The quantitative estimate of drug-likeness (QED) is 0.814. The number of aryl methyl sites for hydroxylation is 2. The lowest BCUT2D eigenvalue weighted by Crippen LogP contribution is -2.54. The Labute approximate surface area is 159 Å². The van der Waals surface area contributed by atoms with E-state index >= 15 is 0 Å². The van der Waals surface area contributed by atoms with Gasteiger partial charge in [-0.25, -0.2) is 8.42 Å². The maximum absolute atomic E-state index is 12.9. The van der Waals surface area contributed by atoms with Crippen LogP contribution in [0.25, 0.3) is 0 Å². The number of hydrogen-bond donors (Lipinski definition) is 1. The Balaban J connectivity index is 3.21. The Bertz CT molecular complexity index is 762. The summed E-state index contributed by atoms with van der Waals surface area (Å²) in [5.41, 5.74) is 1.91. The molecule has 0 bridgehead atoms. The second-order valence-electron chi connectivity index (χ2n) is 9.14. The van der Waals surface area contributed by atoms with Crippen molar-refractivity contribution in [1.82, 2.24) is 5.32 Å². The minimum atomic E-state index is -3.62. The highest BCUT2D eigenvalue weighted by molar-refractivity contribution is 7.92. The molecule has 1 N–H and O–H groups in total. The lowest BCUT2D eigenvalue weighted by molar-refractivity contribution is -0.123. The van der Waals surface area contributed by atoms with E-state index in [-0.39, 0.29) is 11.3 Å². The van der Waals surface area contributed by atoms with Crippen LogP contribution in [0.3, 0.4) is 0 Å². The first kappa shape index (κ1) is 22.5. The van der Waals surface area contributed by atoms with E-state index in [2.05, 4.69) is 26.1 Å². The van der Waals surface area contributed by atoms with Crippen LogP contribution >= 0.6 is 0 Å². The molecule has 1 amide bonds. The summed E-state index contributed by atoms with van der Waals surface area (Å²) in [6, 6.07) is 4.76. The highest BCUT2D eigenvalue weighted by atomic mass is 32.2. The second-order valence-corrected chi connectivity index (χ2v) is 11.0. The van der Waals surface area contributed by atoms with E-state index in [1.165, 1.54) is 4.31 Å². The topological polar surface area (TPSA) is 66.5 Å². The van der Waals surface area contributed by atoms with Gasteiger partial charge < -0.3 is 5.32 Å². The zero-order valence-electron chi connectivity index (χ0n) is 17.6. The Kier molecular flexibility index (Phi) is 6.56. The molecule has 1 aromatic carbocycles. The Hall–Kier alpha value is -1.56. The summed E-state index contributed by atoms with van der Waals surface area (Å²) in [5, 5.41) is 3.02. The Morgan fingerprint density at radius 3 is 2.15 bits per heavy atom. The standard InChI is InChI=1S/C20H34N2O3S/c1-14-10-11-15(2)17(12-14)22(26(9,24)25)16(3)18(23)21-20(7,8)13-19(4,5)6/h10-12,16H,13H2,1-9H3,(H,21,23). The normalized spacial score (nSPS) is 14.0. The molecule has 1 atom stereocenters. The van der Waals surface area contributed by atoms with Crippen molar-refractivity contribution in [3.8, 4) is 0 Å². The van der Waals surface area contributed by atoms with Crippen molar-refractivity contribution in [3.63, 3.8) is 0 Å². The number of hydrogen-bond acceptors (Lipinski definition) is 3. The number of benzene rings is 1. The maximum Gasteiger partial charge on any atom is 0.244 e. The number of carbonyl (C=O) groups excluding carboxylic acids is 1. The first-order valence-electron chi connectivity index (χ1n) is 8.92. The molecule has 0 saturated heterocycles. The van der Waals surface area contributed by atoms with Crippen LogP contribution in [0.1, 0.15) is 59.1 Å². The molecule has 0 aliphatic rings. The van der Waals surface area contributed by atoms with Gasteiger partial charge in [0.25, 0.3) is 0 Å². The van der Waals surface area contributed by atoms with Gasteiger partial charge in [0.2, 0.25) is 15.9 Å². The van der Waals surface area contributed by atoms with E-state index in [0.29, 0.717) is 5.69 Å². The van der Waals surface area contributed by atoms with Crippen LogP contribution in [-0.4, -0.2) is 32.2 Å². The SMILES string of the molecule is Cc1ccc(C)c(N(C(C)C(=O)NC(C)(C)CC(C)(C)C)S(C)(=O)=O)c1. The predicted molar refractivity (Wildman–Crippen MR) is 109 cm³/mol. The summed E-state index contributed by atoms with van der Waals surface area (Å²) in [6.07, 6.45) is 1.92. The fourth-order valence-corrected chi connectivity index (χ4v) is 4.77. The van der Waals surface area contributed by atoms with Crippen molar-refractivity contribution in [1.29, 1.82) is 0 Å². The number of carbonyl (C=O) groups is 1. The smallest absolute Gasteiger partial charge is 0.244 e. The van der Waals surface area contributed by atoms with Crippen LogP contribution in [0.15, 0.2) is 18.2 Å². The van der Waals surface area contributed by atoms with Crippen molar-refractivity contribution in [2.45, 2.75) is 73.4 Å². The molecule has 26 heavy (non-hydrogen) atoms. The lowest BCUT2D eigenvalue weighted by atomic mass is 9.81. The average molecular weight is 383 g/mol. The molecule has 0 fully saturated rings. The van der Waals surface area contributed by atoms with Gasteiger partial charge in [0.05, 0.1) is 11.9 Å². The number of nitrogens with one attached hydrogen (secondary N) is 1. The van der Waals surface area contributed by atoms with Crippen LogP contribution in [0.5, 0.6) is 0 Å². The molecule has 1 aromatic rings. The molecule has 0 aromatic heterocycles. The first-order valence-corrected chi connectivity index (χ1v) is 10.8. The van der Waals surface area contributed by atoms with Gasteiger partial charge in [-0.3, -0.25) is 9.10 Å². The summed E-state index contributed by atoms with van der Waals surface area (Å²) in [6.45, 7) is 15.7. The zero-order chi connectivity index (χ0) is 20.5. The fourth-order valence-electron chi connectivity index (χ4n) is 3.55. The summed E-state index contributed by atoms with van der Waals surface area (Å²) < 4.78 is 26.2. The van der Waals surface area contributed by atoms with Crippen molar-refractivity contribution in [3.05, 3.63) is 29.3 Å². The molecular formula is C20H34N2O3S. The number of anilines is 1. The van der Waals surface area contributed by atoms with E-state index in [1.54, 1.807) is 13.0 Å². The molecule has 0 heterocycles. The molecule has 0 aliphatic carbocycles. The molecule has 6 heteroatoms. The van der Waals surface area contributed by atoms with Crippen LogP contribution in [0.2, 0.25) is 0 Å². The van der Waals surface area contributed by atoms with Gasteiger partial charge in [0.1, 0.15) is 6.04 Å². The van der Waals surface area contributed by atoms with Crippen LogP contribution in [0, 0.1) is 19.3 Å². The van der Waals surface area contributed by atoms with Gasteiger partial charge >= 0.3 is 0 Å². The highest BCUT2D eigenvalue weighted by Gasteiger charge is 2.34. The number of nitrogens with zero attached hydrogens (tertiary/aromatic N) is 1. The van der Waals surface area contributed by atoms with Crippen molar-refractivity contribution < 1.29 is 13.2 Å². The molecule has 0 radical (unpaired) electrons.